The summed E-state index contributed by atoms with van der Waals surface area (Å²) >= 11 is 0. The van der Waals surface area contributed by atoms with Crippen LogP contribution in [-0.4, -0.2) is 30.1 Å². The molecule has 0 aliphatic heterocycles. The third kappa shape index (κ3) is 2.58. The minimum Gasteiger partial charge on any atom is -0.258 e. The molecule has 1 aromatic heterocycles. The van der Waals surface area contributed by atoms with Crippen molar-refractivity contribution in [1.29, 1.82) is 0 Å². The van der Waals surface area contributed by atoms with Crippen LogP contribution in [0.1, 0.15) is 38.5 Å². The van der Waals surface area contributed by atoms with Gasteiger partial charge in [-0.3, -0.25) is 20.2 Å². The van der Waals surface area contributed by atoms with Crippen molar-refractivity contribution >= 4 is 11.4 Å². The smallest absolute Gasteiger partial charge is 0.258 e. The first-order chi connectivity index (χ1) is 12.9. The van der Waals surface area contributed by atoms with Crippen molar-refractivity contribution in [3.8, 4) is 11.4 Å². The molecule has 1 heterocycles. The van der Waals surface area contributed by atoms with E-state index in [0.29, 0.717) is 17.8 Å². The maximum Gasteiger partial charge on any atom is 0.277 e. The number of benzene rings is 1. The van der Waals surface area contributed by atoms with Crippen LogP contribution in [0.5, 0.6) is 0 Å². The topological polar surface area (TPSA) is 130 Å². The fourth-order valence-corrected chi connectivity index (χ4v) is 5.78. The zero-order valence-electron chi connectivity index (χ0n) is 14.5. The van der Waals surface area contributed by atoms with Gasteiger partial charge in [-0.1, -0.05) is 0 Å². The Morgan fingerprint density at radius 3 is 1.93 bits per heavy atom. The summed E-state index contributed by atoms with van der Waals surface area (Å²) in [5.41, 5.74) is -0.588. The molecule has 140 valence electrons. The first kappa shape index (κ1) is 16.3. The average Bonchev–Trinajstić information content (AvgIpc) is 3.11. The second-order valence-electron chi connectivity index (χ2n) is 8.30. The molecule has 4 aliphatic carbocycles. The monoisotopic (exact) mass is 370 g/mol. The van der Waals surface area contributed by atoms with Gasteiger partial charge in [0.2, 0.25) is 5.82 Å². The van der Waals surface area contributed by atoms with E-state index in [1.807, 2.05) is 0 Å². The van der Waals surface area contributed by atoms with E-state index in [0.717, 1.165) is 25.3 Å². The molecule has 4 fully saturated rings. The van der Waals surface area contributed by atoms with E-state index in [1.165, 1.54) is 31.4 Å². The Labute approximate surface area is 153 Å². The molecule has 4 bridgehead atoms. The number of aromatic nitrogens is 4. The molecule has 0 amide bonds. The lowest BCUT2D eigenvalue weighted by molar-refractivity contribution is -0.394. The van der Waals surface area contributed by atoms with Crippen molar-refractivity contribution in [3.63, 3.8) is 0 Å². The van der Waals surface area contributed by atoms with E-state index in [9.17, 15) is 20.2 Å². The van der Waals surface area contributed by atoms with Gasteiger partial charge < -0.3 is 0 Å². The van der Waals surface area contributed by atoms with E-state index in [-0.39, 0.29) is 28.3 Å². The SMILES string of the molecule is O=[N+]([O-])c1cc(-c2nnn(C34CC5CC(CC(C5)C3)C4)n2)cc([N+](=O)[O-])c1. The Balaban J connectivity index is 1.53. The summed E-state index contributed by atoms with van der Waals surface area (Å²) in [5.74, 6) is 2.33. The first-order valence-electron chi connectivity index (χ1n) is 9.17. The molecule has 0 atom stereocenters. The minimum atomic E-state index is -0.653. The molecule has 1 aromatic carbocycles. The summed E-state index contributed by atoms with van der Waals surface area (Å²) in [6, 6.07) is 3.45. The van der Waals surface area contributed by atoms with E-state index in [2.05, 4.69) is 15.4 Å². The third-order valence-electron chi connectivity index (χ3n) is 6.43. The van der Waals surface area contributed by atoms with E-state index in [4.69, 9.17) is 0 Å². The zero-order chi connectivity index (χ0) is 18.8. The van der Waals surface area contributed by atoms with Gasteiger partial charge in [-0.05, 0) is 61.5 Å². The Morgan fingerprint density at radius 2 is 1.44 bits per heavy atom. The lowest BCUT2D eigenvalue weighted by Crippen LogP contribution is -2.52. The number of non-ortho nitro benzene ring substituents is 2. The summed E-state index contributed by atoms with van der Waals surface area (Å²) in [7, 11) is 0. The second-order valence-corrected chi connectivity index (χ2v) is 8.30. The summed E-state index contributed by atoms with van der Waals surface area (Å²) in [6.45, 7) is 0. The molecule has 10 nitrogen and oxygen atoms in total. The van der Waals surface area contributed by atoms with E-state index in [1.54, 1.807) is 4.80 Å². The number of tetrazole rings is 1. The highest BCUT2D eigenvalue weighted by atomic mass is 16.6. The first-order valence-corrected chi connectivity index (χ1v) is 9.17. The molecule has 0 radical (unpaired) electrons. The van der Waals surface area contributed by atoms with Crippen LogP contribution in [0.3, 0.4) is 0 Å². The molecule has 2 aromatic rings. The molecule has 4 saturated carbocycles. The van der Waals surface area contributed by atoms with Gasteiger partial charge in [0.05, 0.1) is 21.5 Å². The van der Waals surface area contributed by atoms with Crippen LogP contribution in [0.2, 0.25) is 0 Å². The van der Waals surface area contributed by atoms with Gasteiger partial charge in [-0.2, -0.15) is 4.80 Å². The maximum absolute atomic E-state index is 11.1. The van der Waals surface area contributed by atoms with Gasteiger partial charge in [0.15, 0.2) is 0 Å². The third-order valence-corrected chi connectivity index (χ3v) is 6.43. The van der Waals surface area contributed by atoms with Crippen molar-refractivity contribution in [2.45, 2.75) is 44.1 Å². The number of nitrogens with zero attached hydrogens (tertiary/aromatic N) is 6. The number of nitro benzene ring substituents is 2. The molecule has 0 spiro atoms. The highest BCUT2D eigenvalue weighted by molar-refractivity contribution is 5.63. The van der Waals surface area contributed by atoms with Crippen molar-refractivity contribution in [1.82, 2.24) is 20.2 Å². The predicted molar refractivity (Wildman–Crippen MR) is 92.7 cm³/mol. The average molecular weight is 370 g/mol. The van der Waals surface area contributed by atoms with E-state index < -0.39 is 9.85 Å². The fraction of sp³-hybridized carbons (Fsp3) is 0.588. The lowest BCUT2D eigenvalue weighted by atomic mass is 9.53. The van der Waals surface area contributed by atoms with Gasteiger partial charge in [-0.25, -0.2) is 0 Å². The van der Waals surface area contributed by atoms with Crippen LogP contribution in [0.25, 0.3) is 11.4 Å². The number of rotatable bonds is 4. The Morgan fingerprint density at radius 1 is 0.926 bits per heavy atom. The highest BCUT2D eigenvalue weighted by Gasteiger charge is 2.53. The van der Waals surface area contributed by atoms with Crippen LogP contribution in [0.4, 0.5) is 11.4 Å². The van der Waals surface area contributed by atoms with Crippen molar-refractivity contribution in [2.24, 2.45) is 17.8 Å². The molecule has 0 saturated heterocycles. The van der Waals surface area contributed by atoms with Gasteiger partial charge in [0, 0.05) is 17.7 Å². The van der Waals surface area contributed by atoms with Crippen LogP contribution in [0.15, 0.2) is 18.2 Å². The summed E-state index contributed by atoms with van der Waals surface area (Å²) < 4.78 is 0. The number of hydrogen-bond acceptors (Lipinski definition) is 7. The summed E-state index contributed by atoms with van der Waals surface area (Å²) in [5, 5.41) is 35.1. The van der Waals surface area contributed by atoms with Crippen molar-refractivity contribution < 1.29 is 9.85 Å². The Bertz CT molecular complexity index is 887. The van der Waals surface area contributed by atoms with Crippen LogP contribution in [-0.2, 0) is 5.54 Å². The number of nitro groups is 2. The molecular weight excluding hydrogens is 352 g/mol. The van der Waals surface area contributed by atoms with Gasteiger partial charge >= 0.3 is 0 Å². The summed E-state index contributed by atoms with van der Waals surface area (Å²) in [4.78, 5) is 22.6. The highest BCUT2D eigenvalue weighted by Crippen LogP contribution is 2.58. The minimum absolute atomic E-state index is 0.118. The molecule has 4 aliphatic rings. The van der Waals surface area contributed by atoms with Crippen molar-refractivity contribution in [2.75, 3.05) is 0 Å². The number of hydrogen-bond donors (Lipinski definition) is 0. The molecule has 0 unspecified atom stereocenters. The lowest BCUT2D eigenvalue weighted by Gasteiger charge is -2.55. The second kappa shape index (κ2) is 5.54. The Hall–Kier alpha value is -2.91. The quantitative estimate of drug-likeness (QED) is 0.597. The normalized spacial score (nSPS) is 31.2. The van der Waals surface area contributed by atoms with Gasteiger partial charge in [0.25, 0.3) is 11.4 Å². The zero-order valence-corrected chi connectivity index (χ0v) is 14.5. The molecule has 27 heavy (non-hydrogen) atoms. The fourth-order valence-electron chi connectivity index (χ4n) is 5.78. The van der Waals surface area contributed by atoms with Gasteiger partial charge in [-0.15, -0.1) is 10.2 Å². The molecular formula is C17H18N6O4. The largest absolute Gasteiger partial charge is 0.277 e. The molecule has 6 rings (SSSR count). The Kier molecular flexibility index (Phi) is 3.34. The van der Waals surface area contributed by atoms with E-state index >= 15 is 0 Å². The van der Waals surface area contributed by atoms with Crippen LogP contribution < -0.4 is 0 Å². The van der Waals surface area contributed by atoms with Crippen LogP contribution in [0, 0.1) is 38.0 Å². The van der Waals surface area contributed by atoms with Crippen molar-refractivity contribution in [3.05, 3.63) is 38.4 Å². The molecule has 0 N–H and O–H groups in total. The van der Waals surface area contributed by atoms with Gasteiger partial charge in [0.1, 0.15) is 0 Å². The maximum atomic E-state index is 11.1. The van der Waals surface area contributed by atoms with Crippen LogP contribution >= 0.6 is 0 Å². The summed E-state index contributed by atoms with van der Waals surface area (Å²) in [6.07, 6.45) is 7.01. The predicted octanol–water partition coefficient (Wildman–Crippen LogP) is 3.08. The molecule has 10 heteroatoms. The standard InChI is InChI=1S/C17H18N6O4/c24-21(25)14-4-13(5-15(6-14)22(26)27)16-18-20-23(19-16)17-7-10-1-11(8-17)3-12(2-10)9-17/h4-6,10-12H,1-3,7-9H2.